The van der Waals surface area contributed by atoms with E-state index in [-0.39, 0.29) is 12.8 Å². The van der Waals surface area contributed by atoms with E-state index < -0.39 is 40.9 Å². The zero-order chi connectivity index (χ0) is 17.0. The fourth-order valence-corrected chi connectivity index (χ4v) is 3.27. The molecule has 1 aliphatic rings. The second-order valence-electron chi connectivity index (χ2n) is 5.63. The summed E-state index contributed by atoms with van der Waals surface area (Å²) in [6, 6.07) is 0. The highest BCUT2D eigenvalue weighted by Crippen LogP contribution is 2.52. The Balaban J connectivity index is 3.29. The summed E-state index contributed by atoms with van der Waals surface area (Å²) >= 11 is 0. The topological polar surface area (TPSA) is 96.0 Å². The van der Waals surface area contributed by atoms with Crippen LogP contribution in [-0.2, 0) is 33.4 Å². The van der Waals surface area contributed by atoms with E-state index in [9.17, 15) is 19.2 Å². The normalized spacial score (nSPS) is 27.4. The van der Waals surface area contributed by atoms with E-state index in [0.717, 1.165) is 7.11 Å². The van der Waals surface area contributed by atoms with Gasteiger partial charge in [0.15, 0.2) is 5.78 Å². The molecule has 7 nitrogen and oxygen atoms in total. The average molecular weight is 314 g/mol. The molecule has 0 amide bonds. The number of hydrogen-bond acceptors (Lipinski definition) is 7. The molecule has 0 aliphatic heterocycles. The van der Waals surface area contributed by atoms with Crippen LogP contribution in [0.25, 0.3) is 0 Å². The van der Waals surface area contributed by atoms with Crippen molar-refractivity contribution in [2.24, 2.45) is 10.8 Å². The van der Waals surface area contributed by atoms with Gasteiger partial charge in [0, 0.05) is 6.42 Å². The smallest absolute Gasteiger partial charge is 0.319 e. The summed E-state index contributed by atoms with van der Waals surface area (Å²) in [5.41, 5.74) is -2.77. The first-order valence-corrected chi connectivity index (χ1v) is 7.09. The number of Topliss-reactive ketones (excluding diaryl/α,β-unsaturated/α-hetero) is 1. The first kappa shape index (κ1) is 18.1. The summed E-state index contributed by atoms with van der Waals surface area (Å²) in [7, 11) is 3.56. The van der Waals surface area contributed by atoms with Crippen LogP contribution in [0.1, 0.15) is 39.0 Å². The summed E-state index contributed by atoms with van der Waals surface area (Å²) in [4.78, 5) is 48.6. The van der Waals surface area contributed by atoms with E-state index in [0.29, 0.717) is 12.8 Å². The molecule has 1 aliphatic carbocycles. The fraction of sp³-hybridized carbons (Fsp3) is 0.733. The zero-order valence-electron chi connectivity index (χ0n) is 13.4. The highest BCUT2D eigenvalue weighted by atomic mass is 16.5. The lowest BCUT2D eigenvalue weighted by molar-refractivity contribution is -0.164. The van der Waals surface area contributed by atoms with E-state index in [1.165, 1.54) is 14.2 Å². The van der Waals surface area contributed by atoms with Gasteiger partial charge in [-0.2, -0.15) is 0 Å². The second kappa shape index (κ2) is 6.89. The second-order valence-corrected chi connectivity index (χ2v) is 5.63. The Kier molecular flexibility index (Phi) is 5.68. The maximum Gasteiger partial charge on any atom is 0.319 e. The van der Waals surface area contributed by atoms with Gasteiger partial charge in [0.25, 0.3) is 0 Å². The lowest BCUT2D eigenvalue weighted by Crippen LogP contribution is -2.40. The molecule has 1 saturated carbocycles. The summed E-state index contributed by atoms with van der Waals surface area (Å²) in [5.74, 6) is -2.54. The Labute approximate surface area is 129 Å². The molecule has 0 bridgehead atoms. The molecule has 0 aromatic carbocycles. The summed E-state index contributed by atoms with van der Waals surface area (Å²) < 4.78 is 14.1. The summed E-state index contributed by atoms with van der Waals surface area (Å²) in [6.45, 7) is 1.87. The van der Waals surface area contributed by atoms with E-state index in [2.05, 4.69) is 4.74 Å². The molecule has 2 unspecified atom stereocenters. The lowest BCUT2D eigenvalue weighted by Gasteiger charge is -2.28. The minimum Gasteiger partial charge on any atom is -0.469 e. The SMILES string of the molecule is CCCC1(C(=O)OC)CC(=O)C(CC(=O)OC)(C(=O)OC)C1. The van der Waals surface area contributed by atoms with Crippen LogP contribution in [0, 0.1) is 10.8 Å². The highest BCUT2D eigenvalue weighted by Gasteiger charge is 2.63. The molecule has 7 heteroatoms. The molecular weight excluding hydrogens is 292 g/mol. The van der Waals surface area contributed by atoms with Crippen molar-refractivity contribution in [3.05, 3.63) is 0 Å². The molecule has 0 spiro atoms. The number of hydrogen-bond donors (Lipinski definition) is 0. The molecule has 2 atom stereocenters. The summed E-state index contributed by atoms with van der Waals surface area (Å²) in [6.07, 6.45) is 0.362. The standard InChI is InChI=1S/C15H22O7/c1-5-6-14(12(18)21-3)7-10(16)15(9-14,13(19)22-4)8-11(17)20-2/h5-9H2,1-4H3. The molecular formula is C15H22O7. The Morgan fingerprint density at radius 2 is 1.64 bits per heavy atom. The monoisotopic (exact) mass is 314 g/mol. The van der Waals surface area contributed by atoms with E-state index in [1.54, 1.807) is 0 Å². The average Bonchev–Trinajstić information content (AvgIpc) is 2.79. The fourth-order valence-electron chi connectivity index (χ4n) is 3.27. The van der Waals surface area contributed by atoms with Crippen LogP contribution >= 0.6 is 0 Å². The van der Waals surface area contributed by atoms with E-state index in [4.69, 9.17) is 9.47 Å². The molecule has 0 heterocycles. The van der Waals surface area contributed by atoms with Gasteiger partial charge in [0.1, 0.15) is 5.41 Å². The molecule has 1 fully saturated rings. The minimum absolute atomic E-state index is 0.0961. The van der Waals surface area contributed by atoms with Gasteiger partial charge in [0.05, 0.1) is 33.2 Å². The van der Waals surface area contributed by atoms with Gasteiger partial charge in [-0.1, -0.05) is 13.3 Å². The van der Waals surface area contributed by atoms with Gasteiger partial charge in [-0.25, -0.2) is 0 Å². The largest absolute Gasteiger partial charge is 0.469 e. The Morgan fingerprint density at radius 3 is 2.09 bits per heavy atom. The molecule has 0 N–H and O–H groups in total. The number of rotatable bonds is 6. The summed E-state index contributed by atoms with van der Waals surface area (Å²) in [5, 5.41) is 0. The van der Waals surface area contributed by atoms with Crippen molar-refractivity contribution in [2.75, 3.05) is 21.3 Å². The van der Waals surface area contributed by atoms with Crippen LogP contribution < -0.4 is 0 Å². The van der Waals surface area contributed by atoms with Crippen LogP contribution in [0.3, 0.4) is 0 Å². The maximum absolute atomic E-state index is 12.5. The number of ketones is 1. The third-order valence-corrected chi connectivity index (χ3v) is 4.27. The third-order valence-electron chi connectivity index (χ3n) is 4.27. The predicted octanol–water partition coefficient (Wildman–Crippen LogP) is 1.03. The first-order valence-electron chi connectivity index (χ1n) is 7.09. The van der Waals surface area contributed by atoms with Gasteiger partial charge in [0.2, 0.25) is 0 Å². The molecule has 1 rings (SSSR count). The predicted molar refractivity (Wildman–Crippen MR) is 74.7 cm³/mol. The minimum atomic E-state index is -1.68. The Morgan fingerprint density at radius 1 is 1.05 bits per heavy atom. The Bertz CT molecular complexity index is 484. The van der Waals surface area contributed by atoms with Gasteiger partial charge in [-0.05, 0) is 12.8 Å². The van der Waals surface area contributed by atoms with Gasteiger partial charge in [-0.15, -0.1) is 0 Å². The molecule has 0 aromatic rings. The third kappa shape index (κ3) is 2.98. The maximum atomic E-state index is 12.5. The van der Waals surface area contributed by atoms with Gasteiger partial charge >= 0.3 is 17.9 Å². The molecule has 124 valence electrons. The lowest BCUT2D eigenvalue weighted by atomic mass is 9.75. The van der Waals surface area contributed by atoms with Crippen molar-refractivity contribution < 1.29 is 33.4 Å². The molecule has 0 saturated heterocycles. The number of ether oxygens (including phenoxy) is 3. The zero-order valence-corrected chi connectivity index (χ0v) is 13.4. The van der Waals surface area contributed by atoms with Gasteiger partial charge in [-0.3, -0.25) is 19.2 Å². The van der Waals surface area contributed by atoms with E-state index in [1.807, 2.05) is 6.92 Å². The van der Waals surface area contributed by atoms with Crippen LogP contribution in [0.4, 0.5) is 0 Å². The van der Waals surface area contributed by atoms with Crippen LogP contribution in [0.5, 0.6) is 0 Å². The van der Waals surface area contributed by atoms with Crippen molar-refractivity contribution in [1.82, 2.24) is 0 Å². The van der Waals surface area contributed by atoms with Crippen LogP contribution in [0.15, 0.2) is 0 Å². The molecule has 0 radical (unpaired) electrons. The van der Waals surface area contributed by atoms with E-state index >= 15 is 0 Å². The van der Waals surface area contributed by atoms with Crippen LogP contribution in [0.2, 0.25) is 0 Å². The number of carbonyl (C=O) groups is 4. The number of methoxy groups -OCH3 is 3. The van der Waals surface area contributed by atoms with Gasteiger partial charge < -0.3 is 14.2 Å². The highest BCUT2D eigenvalue weighted by molar-refractivity contribution is 6.10. The molecule has 22 heavy (non-hydrogen) atoms. The number of carbonyl (C=O) groups excluding carboxylic acids is 4. The van der Waals surface area contributed by atoms with Crippen molar-refractivity contribution in [1.29, 1.82) is 0 Å². The van der Waals surface area contributed by atoms with Crippen molar-refractivity contribution in [3.63, 3.8) is 0 Å². The Hall–Kier alpha value is -1.92. The van der Waals surface area contributed by atoms with Crippen molar-refractivity contribution >= 4 is 23.7 Å². The van der Waals surface area contributed by atoms with Crippen molar-refractivity contribution in [2.45, 2.75) is 39.0 Å². The first-order chi connectivity index (χ1) is 10.3. The number of esters is 3. The van der Waals surface area contributed by atoms with Crippen LogP contribution in [-0.4, -0.2) is 45.0 Å². The molecule has 0 aromatic heterocycles. The van der Waals surface area contributed by atoms with Crippen molar-refractivity contribution in [3.8, 4) is 0 Å². The quantitative estimate of drug-likeness (QED) is 0.410.